The highest BCUT2D eigenvalue weighted by Crippen LogP contribution is 2.24. The van der Waals surface area contributed by atoms with Crippen LogP contribution in [0.25, 0.3) is 0 Å². The van der Waals surface area contributed by atoms with Gasteiger partial charge in [-0.05, 0) is 46.3 Å². The lowest BCUT2D eigenvalue weighted by Gasteiger charge is -2.09. The maximum atomic E-state index is 12.1. The molecule has 0 bridgehead atoms. The molecule has 0 unspecified atom stereocenters. The number of amides is 1. The van der Waals surface area contributed by atoms with E-state index in [1.807, 2.05) is 24.3 Å². The molecule has 0 fully saturated rings. The summed E-state index contributed by atoms with van der Waals surface area (Å²) in [6.45, 7) is 0. The van der Waals surface area contributed by atoms with Gasteiger partial charge in [-0.25, -0.2) is 0 Å². The molecule has 0 saturated heterocycles. The van der Waals surface area contributed by atoms with Gasteiger partial charge in [0, 0.05) is 8.95 Å². The summed E-state index contributed by atoms with van der Waals surface area (Å²) in [6.07, 6.45) is 0. The first kappa shape index (κ1) is 13.1. The molecule has 2 aromatic rings. The summed E-state index contributed by atoms with van der Waals surface area (Å²) in [5.74, 6) is -0.198. The van der Waals surface area contributed by atoms with E-state index in [1.54, 1.807) is 18.2 Å². The molecule has 3 N–H and O–H groups in total. The van der Waals surface area contributed by atoms with Crippen LogP contribution in [0.3, 0.4) is 0 Å². The monoisotopic (exact) mass is 368 g/mol. The molecule has 2 rings (SSSR count). The van der Waals surface area contributed by atoms with Gasteiger partial charge in [0.1, 0.15) is 0 Å². The third kappa shape index (κ3) is 2.91. The predicted octanol–water partition coefficient (Wildman–Crippen LogP) is 4.05. The van der Waals surface area contributed by atoms with E-state index in [2.05, 4.69) is 37.2 Å². The molecule has 1 amide bonds. The van der Waals surface area contributed by atoms with E-state index in [9.17, 15) is 4.79 Å². The Morgan fingerprint density at radius 1 is 1.11 bits per heavy atom. The molecule has 0 aromatic heterocycles. The maximum absolute atomic E-state index is 12.1. The van der Waals surface area contributed by atoms with Crippen molar-refractivity contribution in [3.63, 3.8) is 0 Å². The van der Waals surface area contributed by atoms with Crippen molar-refractivity contribution in [2.24, 2.45) is 0 Å². The molecular weight excluding hydrogens is 360 g/mol. The van der Waals surface area contributed by atoms with Gasteiger partial charge in [0.15, 0.2) is 0 Å². The lowest BCUT2D eigenvalue weighted by molar-refractivity contribution is 0.102. The number of anilines is 2. The van der Waals surface area contributed by atoms with E-state index in [0.717, 1.165) is 8.95 Å². The highest BCUT2D eigenvalue weighted by atomic mass is 79.9. The van der Waals surface area contributed by atoms with Gasteiger partial charge < -0.3 is 11.1 Å². The second-order valence-electron chi connectivity index (χ2n) is 3.67. The summed E-state index contributed by atoms with van der Waals surface area (Å²) in [4.78, 5) is 12.1. The summed E-state index contributed by atoms with van der Waals surface area (Å²) in [7, 11) is 0. The van der Waals surface area contributed by atoms with Crippen molar-refractivity contribution in [2.45, 2.75) is 0 Å². The molecule has 5 heteroatoms. The maximum Gasteiger partial charge on any atom is 0.256 e. The number of carbonyl (C=O) groups is 1. The fourth-order valence-electron chi connectivity index (χ4n) is 1.48. The first-order chi connectivity index (χ1) is 8.58. The Hall–Kier alpha value is -1.33. The van der Waals surface area contributed by atoms with Crippen LogP contribution in [-0.4, -0.2) is 5.91 Å². The Kier molecular flexibility index (Phi) is 4.04. The first-order valence-electron chi connectivity index (χ1n) is 5.19. The van der Waals surface area contributed by atoms with Crippen LogP contribution in [0.2, 0.25) is 0 Å². The number of nitrogen functional groups attached to an aromatic ring is 1. The van der Waals surface area contributed by atoms with Crippen LogP contribution in [-0.2, 0) is 0 Å². The van der Waals surface area contributed by atoms with Gasteiger partial charge in [-0.15, -0.1) is 0 Å². The number of nitrogens with one attached hydrogen (secondary N) is 1. The second kappa shape index (κ2) is 5.54. The quantitative estimate of drug-likeness (QED) is 0.784. The second-order valence-corrected chi connectivity index (χ2v) is 5.44. The zero-order valence-electron chi connectivity index (χ0n) is 9.28. The summed E-state index contributed by atoms with van der Waals surface area (Å²) in [6, 6.07) is 12.6. The molecule has 2 aromatic carbocycles. The average molecular weight is 370 g/mol. The van der Waals surface area contributed by atoms with Crippen LogP contribution in [0, 0.1) is 0 Å². The van der Waals surface area contributed by atoms with Crippen LogP contribution in [0.5, 0.6) is 0 Å². The lowest BCUT2D eigenvalue weighted by Crippen LogP contribution is -2.13. The number of nitrogens with two attached hydrogens (primary N) is 1. The van der Waals surface area contributed by atoms with Crippen molar-refractivity contribution in [3.8, 4) is 0 Å². The summed E-state index contributed by atoms with van der Waals surface area (Å²) < 4.78 is 1.62. The number of carbonyl (C=O) groups excluding carboxylic acids is 1. The molecule has 0 saturated carbocycles. The number of halogens is 2. The zero-order valence-corrected chi connectivity index (χ0v) is 12.5. The topological polar surface area (TPSA) is 55.1 Å². The van der Waals surface area contributed by atoms with E-state index in [1.165, 1.54) is 0 Å². The van der Waals surface area contributed by atoms with E-state index >= 15 is 0 Å². The smallest absolute Gasteiger partial charge is 0.256 e. The highest BCUT2D eigenvalue weighted by Gasteiger charge is 2.10. The molecule has 3 nitrogen and oxygen atoms in total. The van der Waals surface area contributed by atoms with Crippen LogP contribution in [0.1, 0.15) is 10.4 Å². The third-order valence-electron chi connectivity index (χ3n) is 2.38. The normalized spacial score (nSPS) is 10.1. The lowest BCUT2D eigenvalue weighted by atomic mass is 10.2. The van der Waals surface area contributed by atoms with Crippen LogP contribution < -0.4 is 11.1 Å². The average Bonchev–Trinajstić information content (AvgIpc) is 2.33. The number of rotatable bonds is 2. The van der Waals surface area contributed by atoms with Gasteiger partial charge in [-0.2, -0.15) is 0 Å². The molecule has 18 heavy (non-hydrogen) atoms. The summed E-state index contributed by atoms with van der Waals surface area (Å²) in [5.41, 5.74) is 7.51. The minimum Gasteiger partial charge on any atom is -0.397 e. The molecule has 92 valence electrons. The highest BCUT2D eigenvalue weighted by molar-refractivity contribution is 9.10. The van der Waals surface area contributed by atoms with E-state index in [4.69, 9.17) is 5.73 Å². The van der Waals surface area contributed by atoms with Crippen molar-refractivity contribution in [2.75, 3.05) is 11.1 Å². The van der Waals surface area contributed by atoms with E-state index in [-0.39, 0.29) is 5.91 Å². The van der Waals surface area contributed by atoms with Crippen LogP contribution in [0.4, 0.5) is 11.4 Å². The standard InChI is InChI=1S/C13H10Br2N2O/c14-8-5-6-12(11(16)7-8)17-13(18)9-3-1-2-4-10(9)15/h1-7H,16H2,(H,17,18). The van der Waals surface area contributed by atoms with E-state index in [0.29, 0.717) is 16.9 Å². The van der Waals surface area contributed by atoms with E-state index < -0.39 is 0 Å². The molecule has 0 atom stereocenters. The Bertz CT molecular complexity index is 599. The predicted molar refractivity (Wildman–Crippen MR) is 80.6 cm³/mol. The van der Waals surface area contributed by atoms with Crippen LogP contribution >= 0.6 is 31.9 Å². The Labute approximate surface area is 122 Å². The first-order valence-corrected chi connectivity index (χ1v) is 6.77. The third-order valence-corrected chi connectivity index (χ3v) is 3.57. The van der Waals surface area contributed by atoms with Crippen molar-refractivity contribution < 1.29 is 4.79 Å². The summed E-state index contributed by atoms with van der Waals surface area (Å²) in [5, 5.41) is 2.78. The largest absolute Gasteiger partial charge is 0.397 e. The molecule has 0 aliphatic rings. The fraction of sp³-hybridized carbons (Fsp3) is 0. The van der Waals surface area contributed by atoms with Gasteiger partial charge in [-0.1, -0.05) is 28.1 Å². The van der Waals surface area contributed by atoms with Crippen molar-refractivity contribution >= 4 is 49.1 Å². The SMILES string of the molecule is Nc1cc(Br)ccc1NC(=O)c1ccccc1Br. The van der Waals surface area contributed by atoms with Crippen molar-refractivity contribution in [1.29, 1.82) is 0 Å². The minimum absolute atomic E-state index is 0.198. The molecule has 0 heterocycles. The van der Waals surface area contributed by atoms with Gasteiger partial charge in [0.2, 0.25) is 0 Å². The molecule has 0 aliphatic heterocycles. The molecule has 0 spiro atoms. The minimum atomic E-state index is -0.198. The van der Waals surface area contributed by atoms with Crippen molar-refractivity contribution in [1.82, 2.24) is 0 Å². The Balaban J connectivity index is 2.24. The van der Waals surface area contributed by atoms with Gasteiger partial charge in [-0.3, -0.25) is 4.79 Å². The molecule has 0 radical (unpaired) electrons. The van der Waals surface area contributed by atoms with Crippen molar-refractivity contribution in [3.05, 3.63) is 57.0 Å². The molecule has 0 aliphatic carbocycles. The number of hydrogen-bond donors (Lipinski definition) is 2. The Morgan fingerprint density at radius 3 is 2.50 bits per heavy atom. The number of hydrogen-bond acceptors (Lipinski definition) is 2. The van der Waals surface area contributed by atoms with Gasteiger partial charge >= 0.3 is 0 Å². The Morgan fingerprint density at radius 2 is 1.83 bits per heavy atom. The van der Waals surface area contributed by atoms with Gasteiger partial charge in [0.05, 0.1) is 16.9 Å². The molecular formula is C13H10Br2N2O. The summed E-state index contributed by atoms with van der Waals surface area (Å²) >= 11 is 6.66. The zero-order chi connectivity index (χ0) is 13.1. The van der Waals surface area contributed by atoms with Crippen LogP contribution in [0.15, 0.2) is 51.4 Å². The van der Waals surface area contributed by atoms with Gasteiger partial charge in [0.25, 0.3) is 5.91 Å². The number of benzene rings is 2. The fourth-order valence-corrected chi connectivity index (χ4v) is 2.33.